The molecule has 2 heterocycles. The molecule has 2 amide bonds. The van der Waals surface area contributed by atoms with E-state index in [2.05, 4.69) is 10.3 Å². The number of thiophene rings is 1. The summed E-state index contributed by atoms with van der Waals surface area (Å²) < 4.78 is 0. The number of hydrazine groups is 1. The van der Waals surface area contributed by atoms with E-state index < -0.39 is 11.8 Å². The van der Waals surface area contributed by atoms with Crippen molar-refractivity contribution >= 4 is 28.7 Å². The second-order valence-electron chi connectivity index (χ2n) is 4.14. The highest BCUT2D eigenvalue weighted by Gasteiger charge is 2.17. The second-order valence-corrected chi connectivity index (χ2v) is 5.09. The third-order valence-corrected chi connectivity index (χ3v) is 3.79. The summed E-state index contributed by atoms with van der Waals surface area (Å²) in [6, 6.07) is 6.86. The predicted molar refractivity (Wildman–Crippen MR) is 80.9 cm³/mol. The molecule has 0 aromatic carbocycles. The molecule has 2 aromatic rings. The molecule has 0 unspecified atom stereocenters. The number of hydrogen-bond donors (Lipinski definition) is 3. The lowest BCUT2D eigenvalue weighted by molar-refractivity contribution is -0.117. The number of amides is 2. The third-order valence-electron chi connectivity index (χ3n) is 2.80. The molecule has 0 bridgehead atoms. The van der Waals surface area contributed by atoms with Crippen LogP contribution in [0.3, 0.4) is 0 Å². The van der Waals surface area contributed by atoms with Crippen molar-refractivity contribution < 1.29 is 9.59 Å². The lowest BCUT2D eigenvalue weighted by Gasteiger charge is -2.11. The molecule has 0 aliphatic rings. The first-order valence-corrected chi connectivity index (χ1v) is 6.98. The van der Waals surface area contributed by atoms with Gasteiger partial charge in [0.15, 0.2) is 0 Å². The number of rotatable bonds is 4. The molecule has 0 aliphatic carbocycles. The second kappa shape index (κ2) is 6.78. The fourth-order valence-electron chi connectivity index (χ4n) is 1.70. The van der Waals surface area contributed by atoms with Gasteiger partial charge in [0.1, 0.15) is 5.70 Å². The molecular weight excluding hydrogens is 288 g/mol. The topological polar surface area (TPSA) is 97.1 Å². The first-order chi connectivity index (χ1) is 10.1. The van der Waals surface area contributed by atoms with Gasteiger partial charge in [-0.2, -0.15) is 0 Å². The molecule has 108 valence electrons. The molecule has 0 saturated heterocycles. The molecule has 0 spiro atoms. The molecule has 4 N–H and O–H groups in total. The number of aromatic nitrogens is 1. The summed E-state index contributed by atoms with van der Waals surface area (Å²) in [5.74, 6) is 4.24. The number of carbonyl (C=O) groups is 2. The van der Waals surface area contributed by atoms with Gasteiger partial charge in [0.05, 0.1) is 0 Å². The van der Waals surface area contributed by atoms with Crippen LogP contribution in [0.5, 0.6) is 0 Å². The van der Waals surface area contributed by atoms with Crippen molar-refractivity contribution in [3.63, 3.8) is 0 Å². The zero-order valence-electron chi connectivity index (χ0n) is 11.3. The summed E-state index contributed by atoms with van der Waals surface area (Å²) >= 11 is 1.47. The van der Waals surface area contributed by atoms with Crippen LogP contribution in [0, 0.1) is 0 Å². The quantitative estimate of drug-likeness (QED) is 0.343. The Bertz CT molecular complexity index is 666. The summed E-state index contributed by atoms with van der Waals surface area (Å²) in [6.45, 7) is 1.75. The van der Waals surface area contributed by atoms with Crippen molar-refractivity contribution in [2.45, 2.75) is 6.92 Å². The SMILES string of the molecule is C/C(=C(/NC(=O)c1ccncc1)C(=O)NN)c1cccs1. The maximum Gasteiger partial charge on any atom is 0.282 e. The Hall–Kier alpha value is -2.51. The molecule has 21 heavy (non-hydrogen) atoms. The average Bonchev–Trinajstić information content (AvgIpc) is 3.06. The summed E-state index contributed by atoms with van der Waals surface area (Å²) in [5, 5.41) is 4.49. The average molecular weight is 302 g/mol. The highest BCUT2D eigenvalue weighted by molar-refractivity contribution is 7.11. The van der Waals surface area contributed by atoms with Gasteiger partial charge in [0.2, 0.25) is 0 Å². The molecule has 2 rings (SSSR count). The third kappa shape index (κ3) is 3.53. The lowest BCUT2D eigenvalue weighted by atomic mass is 10.1. The molecule has 0 atom stereocenters. The maximum atomic E-state index is 12.2. The molecular formula is C14H14N4O2S. The van der Waals surface area contributed by atoms with Crippen molar-refractivity contribution in [1.82, 2.24) is 15.7 Å². The first kappa shape index (κ1) is 14.9. The van der Waals surface area contributed by atoms with Crippen LogP contribution < -0.4 is 16.6 Å². The van der Waals surface area contributed by atoms with Gasteiger partial charge in [0.25, 0.3) is 11.8 Å². The predicted octanol–water partition coefficient (Wildman–Crippen LogP) is 1.29. The molecule has 6 nitrogen and oxygen atoms in total. The number of carbonyl (C=O) groups excluding carboxylic acids is 2. The molecule has 2 aromatic heterocycles. The van der Waals surface area contributed by atoms with Crippen molar-refractivity contribution in [1.29, 1.82) is 0 Å². The number of pyridine rings is 1. The minimum absolute atomic E-state index is 0.127. The number of nitrogens with one attached hydrogen (secondary N) is 2. The molecule has 0 aliphatic heterocycles. The van der Waals surface area contributed by atoms with Crippen molar-refractivity contribution in [2.75, 3.05) is 0 Å². The largest absolute Gasteiger partial charge is 0.317 e. The summed E-state index contributed by atoms with van der Waals surface area (Å²) in [6.07, 6.45) is 3.01. The van der Waals surface area contributed by atoms with Crippen molar-refractivity contribution in [2.24, 2.45) is 5.84 Å². The van der Waals surface area contributed by atoms with Crippen LogP contribution in [0.4, 0.5) is 0 Å². The standard InChI is InChI=1S/C14H14N4O2S/c1-9(11-3-2-8-21-11)12(14(20)18-15)17-13(19)10-4-6-16-7-5-10/h2-8H,15H2,1H3,(H,17,19)(H,18,20)/b12-9-. The van der Waals surface area contributed by atoms with E-state index in [0.29, 0.717) is 11.1 Å². The smallest absolute Gasteiger partial charge is 0.282 e. The van der Waals surface area contributed by atoms with Crippen LogP contribution in [-0.2, 0) is 4.79 Å². The number of nitrogens with zero attached hydrogens (tertiary/aromatic N) is 1. The van der Waals surface area contributed by atoms with E-state index in [0.717, 1.165) is 4.88 Å². The Morgan fingerprint density at radius 2 is 1.95 bits per heavy atom. The van der Waals surface area contributed by atoms with Gasteiger partial charge in [-0.3, -0.25) is 20.0 Å². The van der Waals surface area contributed by atoms with Crippen LogP contribution in [-0.4, -0.2) is 16.8 Å². The summed E-state index contributed by atoms with van der Waals surface area (Å²) in [7, 11) is 0. The van der Waals surface area contributed by atoms with Gasteiger partial charge in [-0.25, -0.2) is 5.84 Å². The number of allylic oxidation sites excluding steroid dienone is 1. The van der Waals surface area contributed by atoms with Crippen LogP contribution >= 0.6 is 11.3 Å². The highest BCUT2D eigenvalue weighted by Crippen LogP contribution is 2.22. The van der Waals surface area contributed by atoms with Crippen LogP contribution in [0.25, 0.3) is 5.57 Å². The van der Waals surface area contributed by atoms with E-state index in [1.807, 2.05) is 22.9 Å². The van der Waals surface area contributed by atoms with E-state index >= 15 is 0 Å². The Balaban J connectivity index is 2.32. The zero-order chi connectivity index (χ0) is 15.2. The van der Waals surface area contributed by atoms with Gasteiger partial charge in [0, 0.05) is 22.8 Å². The van der Waals surface area contributed by atoms with Gasteiger partial charge < -0.3 is 5.32 Å². The maximum absolute atomic E-state index is 12.2. The Morgan fingerprint density at radius 3 is 2.52 bits per heavy atom. The van der Waals surface area contributed by atoms with Gasteiger partial charge >= 0.3 is 0 Å². The Labute approximate surface area is 125 Å². The van der Waals surface area contributed by atoms with E-state index in [-0.39, 0.29) is 5.70 Å². The van der Waals surface area contributed by atoms with Crippen molar-refractivity contribution in [3.8, 4) is 0 Å². The van der Waals surface area contributed by atoms with E-state index in [1.54, 1.807) is 19.1 Å². The lowest BCUT2D eigenvalue weighted by Crippen LogP contribution is -2.39. The van der Waals surface area contributed by atoms with Gasteiger partial charge in [-0.05, 0) is 36.1 Å². The molecule has 0 saturated carbocycles. The van der Waals surface area contributed by atoms with Crippen molar-refractivity contribution in [3.05, 3.63) is 58.2 Å². The molecule has 7 heteroatoms. The van der Waals surface area contributed by atoms with E-state index in [1.165, 1.54) is 23.7 Å². The van der Waals surface area contributed by atoms with Gasteiger partial charge in [-0.1, -0.05) is 6.07 Å². The van der Waals surface area contributed by atoms with Crippen LogP contribution in [0.15, 0.2) is 47.7 Å². The van der Waals surface area contributed by atoms with Gasteiger partial charge in [-0.15, -0.1) is 11.3 Å². The van der Waals surface area contributed by atoms with Crippen LogP contribution in [0.2, 0.25) is 0 Å². The monoisotopic (exact) mass is 302 g/mol. The fourth-order valence-corrected chi connectivity index (χ4v) is 2.44. The highest BCUT2D eigenvalue weighted by atomic mass is 32.1. The Kier molecular flexibility index (Phi) is 4.81. The summed E-state index contributed by atoms with van der Waals surface area (Å²) in [5.41, 5.74) is 3.23. The van der Waals surface area contributed by atoms with Crippen LogP contribution in [0.1, 0.15) is 22.2 Å². The molecule has 0 radical (unpaired) electrons. The van der Waals surface area contributed by atoms with E-state index in [9.17, 15) is 9.59 Å². The van der Waals surface area contributed by atoms with E-state index in [4.69, 9.17) is 5.84 Å². The Morgan fingerprint density at radius 1 is 1.24 bits per heavy atom. The normalized spacial score (nSPS) is 11.5. The molecule has 0 fully saturated rings. The number of nitrogens with two attached hydrogens (primary N) is 1. The zero-order valence-corrected chi connectivity index (χ0v) is 12.1. The summed E-state index contributed by atoms with van der Waals surface area (Å²) in [4.78, 5) is 28.8. The minimum Gasteiger partial charge on any atom is -0.317 e. The minimum atomic E-state index is -0.552. The first-order valence-electron chi connectivity index (χ1n) is 6.10. The fraction of sp³-hybridized carbons (Fsp3) is 0.0714. The number of hydrogen-bond acceptors (Lipinski definition) is 5.